The van der Waals surface area contributed by atoms with Crippen LogP contribution in [-0.4, -0.2) is 31.1 Å². The van der Waals surface area contributed by atoms with Crippen molar-refractivity contribution in [3.8, 4) is 0 Å². The smallest absolute Gasteiger partial charge is 0.124 e. The van der Waals surface area contributed by atoms with Crippen LogP contribution >= 0.6 is 15.9 Å². The van der Waals surface area contributed by atoms with Crippen molar-refractivity contribution in [2.45, 2.75) is 44.7 Å². The zero-order valence-corrected chi connectivity index (χ0v) is 13.9. The van der Waals surface area contributed by atoms with E-state index in [2.05, 4.69) is 40.1 Å². The van der Waals surface area contributed by atoms with Crippen LogP contribution in [0, 0.1) is 5.82 Å². The van der Waals surface area contributed by atoms with Crippen LogP contribution in [0.5, 0.6) is 0 Å². The lowest BCUT2D eigenvalue weighted by Gasteiger charge is -2.25. The number of halogens is 2. The molecule has 0 amide bonds. The molecule has 0 saturated heterocycles. The van der Waals surface area contributed by atoms with Gasteiger partial charge in [-0.3, -0.25) is 0 Å². The first kappa shape index (κ1) is 15.9. The van der Waals surface area contributed by atoms with Crippen molar-refractivity contribution in [2.24, 2.45) is 0 Å². The van der Waals surface area contributed by atoms with Crippen LogP contribution in [-0.2, 0) is 0 Å². The van der Waals surface area contributed by atoms with Gasteiger partial charge < -0.3 is 10.2 Å². The molecule has 1 aliphatic carbocycles. The maximum atomic E-state index is 13.1. The Morgan fingerprint density at radius 3 is 2.75 bits per heavy atom. The van der Waals surface area contributed by atoms with Gasteiger partial charge in [0.2, 0.25) is 0 Å². The molecule has 20 heavy (non-hydrogen) atoms. The number of nitrogens with zero attached hydrogens (tertiary/aromatic N) is 1. The highest BCUT2D eigenvalue weighted by Crippen LogP contribution is 2.24. The van der Waals surface area contributed by atoms with Gasteiger partial charge in [0.1, 0.15) is 5.82 Å². The molecule has 1 fully saturated rings. The van der Waals surface area contributed by atoms with Crippen LogP contribution in [0.1, 0.15) is 44.2 Å². The largest absolute Gasteiger partial charge is 0.309 e. The zero-order chi connectivity index (χ0) is 14.5. The normalized spacial score (nSPS) is 17.9. The molecule has 0 radical (unpaired) electrons. The molecule has 2 nitrogen and oxygen atoms in total. The summed E-state index contributed by atoms with van der Waals surface area (Å²) < 4.78 is 13.9. The second-order valence-electron chi connectivity index (χ2n) is 5.76. The van der Waals surface area contributed by atoms with Gasteiger partial charge >= 0.3 is 0 Å². The highest BCUT2D eigenvalue weighted by Gasteiger charge is 2.19. The summed E-state index contributed by atoms with van der Waals surface area (Å²) in [5, 5.41) is 3.52. The van der Waals surface area contributed by atoms with Gasteiger partial charge in [-0.15, -0.1) is 0 Å². The van der Waals surface area contributed by atoms with Crippen molar-refractivity contribution in [3.05, 3.63) is 34.1 Å². The Morgan fingerprint density at radius 1 is 1.40 bits per heavy atom. The molecular weight excluding hydrogens is 319 g/mol. The maximum Gasteiger partial charge on any atom is 0.124 e. The second-order valence-corrected chi connectivity index (χ2v) is 6.61. The molecule has 1 aliphatic rings. The van der Waals surface area contributed by atoms with Crippen LogP contribution in [0.3, 0.4) is 0 Å². The van der Waals surface area contributed by atoms with Gasteiger partial charge in [-0.2, -0.15) is 0 Å². The van der Waals surface area contributed by atoms with Gasteiger partial charge in [0.15, 0.2) is 0 Å². The first-order valence-corrected chi connectivity index (χ1v) is 8.26. The summed E-state index contributed by atoms with van der Waals surface area (Å²) in [6.45, 7) is 4.14. The molecule has 0 spiro atoms. The SMILES string of the molecule is CC(NCCN(C)C1CCCC1)c1ccc(F)cc1Br. The molecule has 1 N–H and O–H groups in total. The van der Waals surface area contributed by atoms with Crippen molar-refractivity contribution in [1.29, 1.82) is 0 Å². The molecule has 0 aromatic heterocycles. The van der Waals surface area contributed by atoms with Gasteiger partial charge in [-0.05, 0) is 44.5 Å². The minimum absolute atomic E-state index is 0.200. The van der Waals surface area contributed by atoms with Crippen molar-refractivity contribution in [2.75, 3.05) is 20.1 Å². The molecule has 2 rings (SSSR count). The first-order chi connectivity index (χ1) is 9.58. The number of rotatable bonds is 6. The maximum absolute atomic E-state index is 13.1. The monoisotopic (exact) mass is 342 g/mol. The van der Waals surface area contributed by atoms with E-state index in [1.807, 2.05) is 6.07 Å². The molecule has 0 bridgehead atoms. The summed E-state index contributed by atoms with van der Waals surface area (Å²) in [5.74, 6) is -0.200. The summed E-state index contributed by atoms with van der Waals surface area (Å²) in [4.78, 5) is 2.46. The highest BCUT2D eigenvalue weighted by atomic mass is 79.9. The molecule has 0 heterocycles. The molecule has 4 heteroatoms. The average molecular weight is 343 g/mol. The molecule has 1 atom stereocenters. The van der Waals surface area contributed by atoms with Crippen LogP contribution in [0.2, 0.25) is 0 Å². The third kappa shape index (κ3) is 4.27. The predicted octanol–water partition coefficient (Wildman–Crippen LogP) is 4.11. The van der Waals surface area contributed by atoms with E-state index in [1.165, 1.54) is 37.8 Å². The summed E-state index contributed by atoms with van der Waals surface area (Å²) >= 11 is 3.43. The van der Waals surface area contributed by atoms with Gasteiger partial charge in [0.05, 0.1) is 0 Å². The third-order valence-corrected chi connectivity index (χ3v) is 4.98. The standard InChI is InChI=1S/C16H24BrFN2/c1-12(15-8-7-13(18)11-16(15)17)19-9-10-20(2)14-5-3-4-6-14/h7-8,11-12,14,19H,3-6,9-10H2,1-2H3. The molecule has 112 valence electrons. The van der Waals surface area contributed by atoms with Gasteiger partial charge in [-0.25, -0.2) is 4.39 Å². The fourth-order valence-electron chi connectivity index (χ4n) is 2.95. The number of hydrogen-bond acceptors (Lipinski definition) is 2. The molecule has 1 aromatic carbocycles. The molecule has 1 aromatic rings. The molecule has 1 saturated carbocycles. The summed E-state index contributed by atoms with van der Waals surface area (Å²) in [7, 11) is 2.22. The van der Waals surface area contributed by atoms with Crippen LogP contribution < -0.4 is 5.32 Å². The van der Waals surface area contributed by atoms with Crippen molar-refractivity contribution >= 4 is 15.9 Å². The predicted molar refractivity (Wildman–Crippen MR) is 85.4 cm³/mol. The van der Waals surface area contributed by atoms with Crippen LogP contribution in [0.15, 0.2) is 22.7 Å². The lowest BCUT2D eigenvalue weighted by atomic mass is 10.1. The number of benzene rings is 1. The molecule has 0 aliphatic heterocycles. The van der Waals surface area contributed by atoms with Crippen molar-refractivity contribution in [1.82, 2.24) is 10.2 Å². The fourth-order valence-corrected chi connectivity index (χ4v) is 3.64. The van der Waals surface area contributed by atoms with Crippen LogP contribution in [0.4, 0.5) is 4.39 Å². The van der Waals surface area contributed by atoms with E-state index in [0.717, 1.165) is 29.2 Å². The topological polar surface area (TPSA) is 15.3 Å². The molecule has 1 unspecified atom stereocenters. The molecular formula is C16H24BrFN2. The van der Waals surface area contributed by atoms with Gasteiger partial charge in [0.25, 0.3) is 0 Å². The van der Waals surface area contributed by atoms with Gasteiger partial charge in [-0.1, -0.05) is 34.8 Å². The van der Waals surface area contributed by atoms with E-state index >= 15 is 0 Å². The Bertz CT molecular complexity index is 432. The summed E-state index contributed by atoms with van der Waals surface area (Å²) in [6, 6.07) is 5.88. The number of nitrogens with one attached hydrogen (secondary N) is 1. The van der Waals surface area contributed by atoms with E-state index in [0.29, 0.717) is 0 Å². The minimum Gasteiger partial charge on any atom is -0.309 e. The third-order valence-electron chi connectivity index (χ3n) is 4.29. The second kappa shape index (κ2) is 7.53. The number of hydrogen-bond donors (Lipinski definition) is 1. The van der Waals surface area contributed by atoms with E-state index in [1.54, 1.807) is 0 Å². The Kier molecular flexibility index (Phi) is 6.00. The Hall–Kier alpha value is -0.450. The minimum atomic E-state index is -0.200. The summed E-state index contributed by atoms with van der Waals surface area (Å²) in [6.07, 6.45) is 5.44. The zero-order valence-electron chi connectivity index (χ0n) is 12.3. The Morgan fingerprint density at radius 2 is 2.10 bits per heavy atom. The van der Waals surface area contributed by atoms with E-state index < -0.39 is 0 Å². The van der Waals surface area contributed by atoms with E-state index in [-0.39, 0.29) is 11.9 Å². The Labute approximate surface area is 129 Å². The fraction of sp³-hybridized carbons (Fsp3) is 0.625. The summed E-state index contributed by atoms with van der Waals surface area (Å²) in [5.41, 5.74) is 1.11. The van der Waals surface area contributed by atoms with Crippen molar-refractivity contribution < 1.29 is 4.39 Å². The quantitative estimate of drug-likeness (QED) is 0.836. The lowest BCUT2D eigenvalue weighted by Crippen LogP contribution is -2.36. The number of likely N-dealkylation sites (N-methyl/N-ethyl adjacent to an activating group) is 1. The average Bonchev–Trinajstić information content (AvgIpc) is 2.92. The van der Waals surface area contributed by atoms with E-state index in [4.69, 9.17) is 0 Å². The lowest BCUT2D eigenvalue weighted by molar-refractivity contribution is 0.243. The van der Waals surface area contributed by atoms with Crippen molar-refractivity contribution in [3.63, 3.8) is 0 Å². The van der Waals surface area contributed by atoms with Crippen LogP contribution in [0.25, 0.3) is 0 Å². The Balaban J connectivity index is 1.78. The van der Waals surface area contributed by atoms with Gasteiger partial charge in [0, 0.05) is 29.6 Å². The highest BCUT2D eigenvalue weighted by molar-refractivity contribution is 9.10. The first-order valence-electron chi connectivity index (χ1n) is 7.46. The van der Waals surface area contributed by atoms with E-state index in [9.17, 15) is 4.39 Å².